The van der Waals surface area contributed by atoms with Crippen molar-refractivity contribution in [3.63, 3.8) is 0 Å². The summed E-state index contributed by atoms with van der Waals surface area (Å²) < 4.78 is 1.93. The van der Waals surface area contributed by atoms with E-state index in [4.69, 9.17) is 5.41 Å². The zero-order valence-corrected chi connectivity index (χ0v) is 5.68. The van der Waals surface area contributed by atoms with Crippen LogP contribution in [0.1, 0.15) is 12.6 Å². The maximum absolute atomic E-state index is 7.27. The predicted octanol–water partition coefficient (Wildman–Crippen LogP) is 1.41. The summed E-state index contributed by atoms with van der Waals surface area (Å²) in [6.45, 7) is 1.79. The second kappa shape index (κ2) is 2.05. The third-order valence-electron chi connectivity index (χ3n) is 1.33. The molecular weight excluding hydrogens is 112 g/mol. The Morgan fingerprint density at radius 3 is 2.56 bits per heavy atom. The third kappa shape index (κ3) is 1.02. The van der Waals surface area contributed by atoms with Crippen LogP contribution >= 0.6 is 0 Å². The maximum atomic E-state index is 7.27. The van der Waals surface area contributed by atoms with E-state index in [0.717, 1.165) is 5.69 Å². The number of nitrogens with one attached hydrogen (secondary N) is 1. The number of aryl methyl sites for hydroxylation is 1. The normalized spacial score (nSPS) is 9.56. The molecule has 9 heavy (non-hydrogen) atoms. The molecule has 0 saturated heterocycles. The van der Waals surface area contributed by atoms with Crippen molar-refractivity contribution in [1.29, 1.82) is 5.41 Å². The van der Waals surface area contributed by atoms with Gasteiger partial charge in [-0.3, -0.25) is 0 Å². The SMILES string of the molecule is CC(=N)c1cccn1C. The molecule has 0 bridgehead atoms. The monoisotopic (exact) mass is 122 g/mol. The molecule has 0 aliphatic rings. The highest BCUT2D eigenvalue weighted by Crippen LogP contribution is 1.98. The molecule has 0 aliphatic heterocycles. The lowest BCUT2D eigenvalue weighted by Gasteiger charge is -1.97. The van der Waals surface area contributed by atoms with Gasteiger partial charge in [0, 0.05) is 13.2 Å². The van der Waals surface area contributed by atoms with Crippen LogP contribution < -0.4 is 0 Å². The fourth-order valence-corrected chi connectivity index (χ4v) is 0.851. The first-order valence-electron chi connectivity index (χ1n) is 2.88. The molecule has 0 amide bonds. The Hall–Kier alpha value is -1.05. The van der Waals surface area contributed by atoms with Crippen molar-refractivity contribution in [3.8, 4) is 0 Å². The summed E-state index contributed by atoms with van der Waals surface area (Å²) in [5, 5.41) is 7.27. The Morgan fingerprint density at radius 1 is 1.67 bits per heavy atom. The summed E-state index contributed by atoms with van der Waals surface area (Å²) >= 11 is 0. The van der Waals surface area contributed by atoms with Gasteiger partial charge in [-0.15, -0.1) is 0 Å². The van der Waals surface area contributed by atoms with Gasteiger partial charge in [-0.25, -0.2) is 0 Å². The summed E-state index contributed by atoms with van der Waals surface area (Å²) in [6, 6.07) is 3.87. The van der Waals surface area contributed by atoms with Crippen molar-refractivity contribution < 1.29 is 0 Å². The van der Waals surface area contributed by atoms with E-state index < -0.39 is 0 Å². The van der Waals surface area contributed by atoms with Crippen LogP contribution in [0.25, 0.3) is 0 Å². The number of hydrogen-bond donors (Lipinski definition) is 1. The highest BCUT2D eigenvalue weighted by Gasteiger charge is 1.95. The van der Waals surface area contributed by atoms with Crippen LogP contribution in [0.5, 0.6) is 0 Å². The lowest BCUT2D eigenvalue weighted by molar-refractivity contribution is 0.912. The Labute approximate surface area is 54.6 Å². The molecule has 1 N–H and O–H groups in total. The standard InChI is InChI=1S/C7H10N2/c1-6(8)7-4-3-5-9(7)2/h3-5,8H,1-2H3. The van der Waals surface area contributed by atoms with Gasteiger partial charge in [0.15, 0.2) is 0 Å². The Morgan fingerprint density at radius 2 is 2.33 bits per heavy atom. The lowest BCUT2D eigenvalue weighted by Crippen LogP contribution is -1.99. The Kier molecular flexibility index (Phi) is 1.39. The highest BCUT2D eigenvalue weighted by molar-refractivity contribution is 5.94. The van der Waals surface area contributed by atoms with E-state index in [1.165, 1.54) is 0 Å². The fourth-order valence-electron chi connectivity index (χ4n) is 0.851. The van der Waals surface area contributed by atoms with Gasteiger partial charge in [-0.05, 0) is 19.1 Å². The van der Waals surface area contributed by atoms with Gasteiger partial charge in [0.05, 0.1) is 11.4 Å². The van der Waals surface area contributed by atoms with E-state index in [2.05, 4.69) is 0 Å². The lowest BCUT2D eigenvalue weighted by atomic mass is 10.3. The fraction of sp³-hybridized carbons (Fsp3) is 0.286. The molecule has 1 aromatic rings. The highest BCUT2D eigenvalue weighted by atomic mass is 14.9. The number of hydrogen-bond acceptors (Lipinski definition) is 1. The first kappa shape index (κ1) is 6.08. The largest absolute Gasteiger partial charge is 0.350 e. The third-order valence-corrected chi connectivity index (χ3v) is 1.33. The Balaban J connectivity index is 3.08. The van der Waals surface area contributed by atoms with Gasteiger partial charge in [0.1, 0.15) is 0 Å². The first-order chi connectivity index (χ1) is 4.22. The van der Waals surface area contributed by atoms with E-state index in [0.29, 0.717) is 5.71 Å². The molecule has 2 heteroatoms. The smallest absolute Gasteiger partial charge is 0.0612 e. The quantitative estimate of drug-likeness (QED) is 0.546. The van der Waals surface area contributed by atoms with Crippen molar-refractivity contribution in [2.45, 2.75) is 6.92 Å². The maximum Gasteiger partial charge on any atom is 0.0612 e. The summed E-state index contributed by atoms with van der Waals surface area (Å²) in [4.78, 5) is 0. The van der Waals surface area contributed by atoms with Gasteiger partial charge in [-0.1, -0.05) is 0 Å². The van der Waals surface area contributed by atoms with Crippen molar-refractivity contribution in [2.24, 2.45) is 7.05 Å². The molecule has 0 radical (unpaired) electrons. The predicted molar refractivity (Wildman–Crippen MR) is 37.9 cm³/mol. The topological polar surface area (TPSA) is 28.8 Å². The van der Waals surface area contributed by atoms with E-state index in [1.54, 1.807) is 6.92 Å². The number of aromatic nitrogens is 1. The molecule has 1 aromatic heterocycles. The molecule has 0 saturated carbocycles. The minimum atomic E-state index is 0.613. The van der Waals surface area contributed by atoms with Gasteiger partial charge in [-0.2, -0.15) is 0 Å². The zero-order chi connectivity index (χ0) is 6.85. The minimum absolute atomic E-state index is 0.613. The molecule has 0 spiro atoms. The van der Waals surface area contributed by atoms with Crippen LogP contribution in [0, 0.1) is 5.41 Å². The molecule has 0 unspecified atom stereocenters. The Bertz CT molecular complexity index is 223. The second-order valence-electron chi connectivity index (χ2n) is 2.13. The van der Waals surface area contributed by atoms with Crippen LogP contribution in [-0.2, 0) is 7.05 Å². The van der Waals surface area contributed by atoms with Gasteiger partial charge < -0.3 is 9.98 Å². The molecule has 1 rings (SSSR count). The van der Waals surface area contributed by atoms with E-state index in [-0.39, 0.29) is 0 Å². The average Bonchev–Trinajstić information content (AvgIpc) is 2.13. The molecular formula is C7H10N2. The van der Waals surface area contributed by atoms with Gasteiger partial charge in [0.2, 0.25) is 0 Å². The molecule has 0 aromatic carbocycles. The second-order valence-corrected chi connectivity index (χ2v) is 2.13. The molecule has 2 nitrogen and oxygen atoms in total. The first-order valence-corrected chi connectivity index (χ1v) is 2.88. The molecule has 0 fully saturated rings. The summed E-state index contributed by atoms with van der Waals surface area (Å²) in [5.41, 5.74) is 1.59. The molecule has 48 valence electrons. The van der Waals surface area contributed by atoms with Crippen molar-refractivity contribution in [2.75, 3.05) is 0 Å². The van der Waals surface area contributed by atoms with Crippen LogP contribution in [0.3, 0.4) is 0 Å². The molecule has 0 aliphatic carbocycles. The number of rotatable bonds is 1. The van der Waals surface area contributed by atoms with Crippen LogP contribution in [0.2, 0.25) is 0 Å². The summed E-state index contributed by atoms with van der Waals surface area (Å²) in [7, 11) is 1.94. The molecule has 0 atom stereocenters. The van der Waals surface area contributed by atoms with Crippen LogP contribution in [0.15, 0.2) is 18.3 Å². The van der Waals surface area contributed by atoms with E-state index in [9.17, 15) is 0 Å². The zero-order valence-electron chi connectivity index (χ0n) is 5.68. The number of nitrogens with zero attached hydrogens (tertiary/aromatic N) is 1. The minimum Gasteiger partial charge on any atom is -0.350 e. The van der Waals surface area contributed by atoms with E-state index >= 15 is 0 Å². The molecule has 1 heterocycles. The van der Waals surface area contributed by atoms with Crippen molar-refractivity contribution in [1.82, 2.24) is 4.57 Å². The van der Waals surface area contributed by atoms with Gasteiger partial charge >= 0.3 is 0 Å². The summed E-state index contributed by atoms with van der Waals surface area (Å²) in [6.07, 6.45) is 1.94. The van der Waals surface area contributed by atoms with Crippen molar-refractivity contribution >= 4 is 5.71 Å². The summed E-state index contributed by atoms with van der Waals surface area (Å²) in [5.74, 6) is 0. The van der Waals surface area contributed by atoms with Crippen LogP contribution in [-0.4, -0.2) is 10.3 Å². The van der Waals surface area contributed by atoms with E-state index in [1.807, 2.05) is 29.9 Å². The average molecular weight is 122 g/mol. The van der Waals surface area contributed by atoms with Gasteiger partial charge in [0.25, 0.3) is 0 Å². The van der Waals surface area contributed by atoms with Crippen molar-refractivity contribution in [3.05, 3.63) is 24.0 Å². The van der Waals surface area contributed by atoms with Crippen LogP contribution in [0.4, 0.5) is 0 Å².